The van der Waals surface area contributed by atoms with Crippen LogP contribution in [0.2, 0.25) is 0 Å². The Hall–Kier alpha value is -9.69. The molecule has 0 N–H and O–H groups in total. The molecule has 0 aliphatic carbocycles. The van der Waals surface area contributed by atoms with Gasteiger partial charge in [0, 0.05) is 21.7 Å². The third kappa shape index (κ3) is 7.60. The number of nitrogens with zero attached hydrogens (tertiary/aromatic N) is 4. The second kappa shape index (κ2) is 17.4. The highest BCUT2D eigenvalue weighted by molar-refractivity contribution is 6.14. The van der Waals surface area contributed by atoms with Crippen molar-refractivity contribution in [3.05, 3.63) is 260 Å². The molecule has 2 aromatic heterocycles. The summed E-state index contributed by atoms with van der Waals surface area (Å²) in [6.45, 7) is 0. The number of hydrogen-bond acceptors (Lipinski definition) is 3. The van der Waals surface area contributed by atoms with Gasteiger partial charge in [0.2, 0.25) is 5.95 Å². The van der Waals surface area contributed by atoms with Crippen LogP contribution < -0.4 is 0 Å². The Morgan fingerprint density at radius 1 is 0.310 bits per heavy atom. The first-order chi connectivity index (χ1) is 35.1. The average Bonchev–Trinajstić information content (AvgIpc) is 3.77. The fraction of sp³-hybridized carbons (Fsp3) is 0. The SMILES string of the molecule is N#Cc1ccc(-c2cc3c(-c4ccc(-c5ccccc5)cc4)nc(-n4c5ccc(-c6ccc(-c7ccccc7)cc6)cc5c5cc6ccccc6cc54)nc3cc2-c2ccc(-c3ccccc3)cc2)cc1. The second-order valence-electron chi connectivity index (χ2n) is 18.1. The molecule has 13 aromatic rings. The Bertz CT molecular complexity index is 4150. The van der Waals surface area contributed by atoms with E-state index in [1.807, 2.05) is 36.4 Å². The van der Waals surface area contributed by atoms with E-state index in [-0.39, 0.29) is 0 Å². The van der Waals surface area contributed by atoms with Gasteiger partial charge in [-0.25, -0.2) is 9.97 Å². The summed E-state index contributed by atoms with van der Waals surface area (Å²) in [5.41, 5.74) is 18.7. The Morgan fingerprint density at radius 2 is 0.732 bits per heavy atom. The first-order valence-electron chi connectivity index (χ1n) is 23.9. The number of fused-ring (bicyclic) bond motifs is 5. The summed E-state index contributed by atoms with van der Waals surface area (Å²) < 4.78 is 2.25. The minimum Gasteiger partial charge on any atom is -0.278 e. The van der Waals surface area contributed by atoms with Gasteiger partial charge in [-0.15, -0.1) is 0 Å². The van der Waals surface area contributed by atoms with Gasteiger partial charge in [-0.05, 0) is 126 Å². The molecular weight excluding hydrogens is 861 g/mol. The number of rotatable bonds is 8. The maximum Gasteiger partial charge on any atom is 0.235 e. The van der Waals surface area contributed by atoms with E-state index in [0.717, 1.165) is 105 Å². The predicted molar refractivity (Wildman–Crippen MR) is 294 cm³/mol. The van der Waals surface area contributed by atoms with Crippen molar-refractivity contribution in [3.63, 3.8) is 0 Å². The lowest BCUT2D eigenvalue weighted by atomic mass is 9.90. The molecule has 0 fully saturated rings. The van der Waals surface area contributed by atoms with Crippen molar-refractivity contribution >= 4 is 43.5 Å². The third-order valence-corrected chi connectivity index (χ3v) is 13.9. The summed E-state index contributed by atoms with van der Waals surface area (Å²) in [5, 5.41) is 15.3. The molecule has 71 heavy (non-hydrogen) atoms. The molecule has 11 aromatic carbocycles. The van der Waals surface area contributed by atoms with Gasteiger partial charge in [-0.2, -0.15) is 5.26 Å². The van der Waals surface area contributed by atoms with Crippen LogP contribution in [0.15, 0.2) is 255 Å². The first-order valence-corrected chi connectivity index (χ1v) is 23.9. The molecule has 330 valence electrons. The van der Waals surface area contributed by atoms with Crippen LogP contribution in [0.4, 0.5) is 0 Å². The lowest BCUT2D eigenvalue weighted by molar-refractivity contribution is 1.01. The van der Waals surface area contributed by atoms with Crippen LogP contribution in [0, 0.1) is 11.3 Å². The molecule has 4 nitrogen and oxygen atoms in total. The van der Waals surface area contributed by atoms with Crippen molar-refractivity contribution in [1.29, 1.82) is 5.26 Å². The van der Waals surface area contributed by atoms with Crippen LogP contribution in [0.5, 0.6) is 0 Å². The Morgan fingerprint density at radius 3 is 1.28 bits per heavy atom. The molecule has 0 aliphatic rings. The molecule has 0 saturated carbocycles. The zero-order chi connectivity index (χ0) is 47.3. The summed E-state index contributed by atoms with van der Waals surface area (Å²) in [4.78, 5) is 11.2. The first kappa shape index (κ1) is 41.5. The number of aromatic nitrogens is 3. The highest BCUT2D eigenvalue weighted by atomic mass is 15.2. The molecule has 0 bridgehead atoms. The van der Waals surface area contributed by atoms with E-state index in [9.17, 15) is 5.26 Å². The molecular formula is C67H42N4. The predicted octanol–water partition coefficient (Wildman–Crippen LogP) is 17.4. The molecule has 0 aliphatic heterocycles. The van der Waals surface area contributed by atoms with Crippen LogP contribution in [0.3, 0.4) is 0 Å². The van der Waals surface area contributed by atoms with Crippen LogP contribution in [-0.2, 0) is 0 Å². The van der Waals surface area contributed by atoms with Crippen molar-refractivity contribution in [3.8, 4) is 90.0 Å². The van der Waals surface area contributed by atoms with Crippen molar-refractivity contribution in [2.45, 2.75) is 0 Å². The molecule has 0 amide bonds. The van der Waals surface area contributed by atoms with E-state index in [1.54, 1.807) is 0 Å². The summed E-state index contributed by atoms with van der Waals surface area (Å²) in [7, 11) is 0. The van der Waals surface area contributed by atoms with Crippen LogP contribution in [-0.4, -0.2) is 14.5 Å². The molecule has 0 atom stereocenters. The molecule has 13 rings (SSSR count). The molecule has 0 radical (unpaired) electrons. The quantitative estimate of drug-likeness (QED) is 0.153. The topological polar surface area (TPSA) is 54.5 Å². The number of nitriles is 1. The standard InChI is InChI=1S/C67H42N4/c68-43-44-20-22-52(23-21-44)58-41-62-63(42-59(58)53-32-28-49(29-33-53)46-14-6-2-7-15-46)69-67(70-66(62)54-34-30-50(31-35-54)47-16-8-3-9-17-47)71-64-37-36-57(51-26-24-48(25-27-51)45-12-4-1-5-13-45)39-60(64)61-38-55-18-10-11-19-56(55)40-65(61)71/h1-42H. The minimum absolute atomic E-state index is 0.589. The molecule has 0 spiro atoms. The minimum atomic E-state index is 0.589. The molecule has 4 heteroatoms. The van der Waals surface area contributed by atoms with Crippen LogP contribution >= 0.6 is 0 Å². The van der Waals surface area contributed by atoms with Gasteiger partial charge >= 0.3 is 0 Å². The van der Waals surface area contributed by atoms with Gasteiger partial charge < -0.3 is 0 Å². The van der Waals surface area contributed by atoms with E-state index in [1.165, 1.54) is 16.5 Å². The van der Waals surface area contributed by atoms with E-state index < -0.39 is 0 Å². The summed E-state index contributed by atoms with van der Waals surface area (Å²) in [6, 6.07) is 92.4. The average molecular weight is 903 g/mol. The lowest BCUT2D eigenvalue weighted by Crippen LogP contribution is -2.04. The largest absolute Gasteiger partial charge is 0.278 e. The van der Waals surface area contributed by atoms with Crippen LogP contribution in [0.25, 0.3) is 127 Å². The van der Waals surface area contributed by atoms with Gasteiger partial charge in [-0.1, -0.05) is 206 Å². The Balaban J connectivity index is 1.05. The Kier molecular flexibility index (Phi) is 10.2. The highest BCUT2D eigenvalue weighted by Crippen LogP contribution is 2.42. The van der Waals surface area contributed by atoms with Crippen molar-refractivity contribution in [1.82, 2.24) is 14.5 Å². The van der Waals surface area contributed by atoms with Gasteiger partial charge in [0.15, 0.2) is 0 Å². The van der Waals surface area contributed by atoms with Crippen molar-refractivity contribution in [2.24, 2.45) is 0 Å². The van der Waals surface area contributed by atoms with Crippen molar-refractivity contribution < 1.29 is 0 Å². The van der Waals surface area contributed by atoms with Gasteiger partial charge in [-0.3, -0.25) is 4.57 Å². The number of hydrogen-bond donors (Lipinski definition) is 0. The van der Waals surface area contributed by atoms with Crippen molar-refractivity contribution in [2.75, 3.05) is 0 Å². The zero-order valence-electron chi connectivity index (χ0n) is 38.5. The number of benzene rings is 11. The molecule has 0 unspecified atom stereocenters. The van der Waals surface area contributed by atoms with E-state index in [2.05, 4.69) is 229 Å². The Labute approximate surface area is 411 Å². The van der Waals surface area contributed by atoms with Gasteiger partial charge in [0.05, 0.1) is 33.9 Å². The zero-order valence-corrected chi connectivity index (χ0v) is 38.5. The molecule has 0 saturated heterocycles. The normalized spacial score (nSPS) is 11.4. The van der Waals surface area contributed by atoms with E-state index >= 15 is 0 Å². The third-order valence-electron chi connectivity index (χ3n) is 13.9. The summed E-state index contributed by atoms with van der Waals surface area (Å²) in [5.74, 6) is 0.589. The highest BCUT2D eigenvalue weighted by Gasteiger charge is 2.21. The van der Waals surface area contributed by atoms with Crippen LogP contribution in [0.1, 0.15) is 5.56 Å². The maximum atomic E-state index is 9.78. The van der Waals surface area contributed by atoms with Gasteiger partial charge in [0.1, 0.15) is 0 Å². The summed E-state index contributed by atoms with van der Waals surface area (Å²) >= 11 is 0. The summed E-state index contributed by atoms with van der Waals surface area (Å²) in [6.07, 6.45) is 0. The smallest absolute Gasteiger partial charge is 0.235 e. The maximum absolute atomic E-state index is 9.78. The van der Waals surface area contributed by atoms with E-state index in [0.29, 0.717) is 11.5 Å². The monoisotopic (exact) mass is 902 g/mol. The lowest BCUT2D eigenvalue weighted by Gasteiger charge is -2.17. The van der Waals surface area contributed by atoms with E-state index in [4.69, 9.17) is 9.97 Å². The molecule has 2 heterocycles. The fourth-order valence-corrected chi connectivity index (χ4v) is 10.2. The second-order valence-corrected chi connectivity index (χ2v) is 18.1. The van der Waals surface area contributed by atoms with Gasteiger partial charge in [0.25, 0.3) is 0 Å². The fourth-order valence-electron chi connectivity index (χ4n) is 10.2.